The summed E-state index contributed by atoms with van der Waals surface area (Å²) in [6, 6.07) is 6.09. The van der Waals surface area contributed by atoms with Crippen LogP contribution in [0, 0.1) is 17.0 Å². The third-order valence-corrected chi connectivity index (χ3v) is 3.77. The third-order valence-electron chi connectivity index (χ3n) is 3.77. The molecular formula is C15H16N4O5. The van der Waals surface area contributed by atoms with Crippen LogP contribution in [-0.4, -0.2) is 45.1 Å². The summed E-state index contributed by atoms with van der Waals surface area (Å²) in [6.45, 7) is 2.81. The summed E-state index contributed by atoms with van der Waals surface area (Å²) >= 11 is 0. The molecule has 0 unspecified atom stereocenters. The molecule has 0 saturated carbocycles. The van der Waals surface area contributed by atoms with Crippen molar-refractivity contribution in [2.24, 2.45) is 0 Å². The zero-order valence-electron chi connectivity index (χ0n) is 13.0. The molecule has 0 bridgehead atoms. The van der Waals surface area contributed by atoms with Crippen molar-refractivity contribution in [2.75, 3.05) is 13.1 Å². The van der Waals surface area contributed by atoms with Gasteiger partial charge in [-0.05, 0) is 19.1 Å². The van der Waals surface area contributed by atoms with Crippen molar-refractivity contribution in [1.29, 1.82) is 0 Å². The van der Waals surface area contributed by atoms with Gasteiger partial charge in [0.1, 0.15) is 11.0 Å². The predicted molar refractivity (Wildman–Crippen MR) is 81.7 cm³/mol. The molecule has 0 N–H and O–H groups in total. The Labute approximate surface area is 137 Å². The average molecular weight is 332 g/mol. The van der Waals surface area contributed by atoms with Gasteiger partial charge < -0.3 is 14.1 Å². The smallest absolute Gasteiger partial charge is 0.433 e. The molecule has 0 aromatic carbocycles. The van der Waals surface area contributed by atoms with Gasteiger partial charge in [0.2, 0.25) is 5.88 Å². The number of rotatable bonds is 4. The number of aryl methyl sites for hydroxylation is 1. The number of hydrogen-bond acceptors (Lipinski definition) is 7. The van der Waals surface area contributed by atoms with E-state index in [4.69, 9.17) is 9.15 Å². The summed E-state index contributed by atoms with van der Waals surface area (Å²) < 4.78 is 10.7. The fraction of sp³-hybridized carbons (Fsp3) is 0.400. The van der Waals surface area contributed by atoms with Crippen molar-refractivity contribution in [2.45, 2.75) is 25.9 Å². The zero-order valence-corrected chi connectivity index (χ0v) is 13.0. The normalized spacial score (nSPS) is 15.3. The van der Waals surface area contributed by atoms with E-state index in [9.17, 15) is 14.9 Å². The number of likely N-dealkylation sites (tertiary alicyclic amines) is 1. The van der Waals surface area contributed by atoms with E-state index in [1.54, 1.807) is 11.0 Å². The largest absolute Gasteiger partial charge is 0.473 e. The lowest BCUT2D eigenvalue weighted by Crippen LogP contribution is -2.41. The number of nitro groups is 1. The van der Waals surface area contributed by atoms with Gasteiger partial charge in [0.05, 0.1) is 11.8 Å². The Bertz CT molecular complexity index is 735. The predicted octanol–water partition coefficient (Wildman–Crippen LogP) is 1.97. The lowest BCUT2D eigenvalue weighted by molar-refractivity contribution is -0.402. The van der Waals surface area contributed by atoms with E-state index >= 15 is 0 Å². The van der Waals surface area contributed by atoms with Crippen LogP contribution in [0.25, 0.3) is 0 Å². The molecule has 9 nitrogen and oxygen atoms in total. The molecule has 3 heterocycles. The van der Waals surface area contributed by atoms with Gasteiger partial charge in [0, 0.05) is 32.0 Å². The van der Waals surface area contributed by atoms with E-state index in [1.807, 2.05) is 13.0 Å². The van der Waals surface area contributed by atoms with Gasteiger partial charge in [-0.3, -0.25) is 14.9 Å². The average Bonchev–Trinajstić information content (AvgIpc) is 3.07. The minimum absolute atomic E-state index is 0.0227. The first-order chi connectivity index (χ1) is 11.5. The van der Waals surface area contributed by atoms with Gasteiger partial charge in [-0.15, -0.1) is 5.10 Å². The number of ether oxygens (including phenoxy) is 1. The SMILES string of the molecule is Cc1ccc(OC2CCN(C(=O)c3ccc([N+](=O)[O-])o3)CC2)nn1. The van der Waals surface area contributed by atoms with Gasteiger partial charge in [0.25, 0.3) is 5.91 Å². The maximum Gasteiger partial charge on any atom is 0.433 e. The molecular weight excluding hydrogens is 316 g/mol. The molecule has 0 atom stereocenters. The standard InChI is InChI=1S/C15H16N4O5/c1-10-2-4-13(17-16-10)23-11-6-8-18(9-7-11)15(20)12-3-5-14(24-12)19(21)22/h2-5,11H,6-9H2,1H3. The van der Waals surface area contributed by atoms with Gasteiger partial charge in [-0.25, -0.2) is 0 Å². The lowest BCUT2D eigenvalue weighted by atomic mass is 10.1. The number of furan rings is 1. The molecule has 1 amide bonds. The number of carbonyl (C=O) groups excluding carboxylic acids is 1. The number of aromatic nitrogens is 2. The molecule has 0 radical (unpaired) electrons. The third kappa shape index (κ3) is 3.50. The van der Waals surface area contributed by atoms with Crippen molar-refractivity contribution in [3.63, 3.8) is 0 Å². The number of carbonyl (C=O) groups is 1. The maximum atomic E-state index is 12.3. The Morgan fingerprint density at radius 2 is 2.04 bits per heavy atom. The van der Waals surface area contributed by atoms with Gasteiger partial charge in [-0.1, -0.05) is 0 Å². The van der Waals surface area contributed by atoms with Crippen LogP contribution in [0.5, 0.6) is 5.88 Å². The fourth-order valence-corrected chi connectivity index (χ4v) is 2.49. The Hall–Kier alpha value is -2.97. The molecule has 0 spiro atoms. The first kappa shape index (κ1) is 15.9. The van der Waals surface area contributed by atoms with Gasteiger partial charge >= 0.3 is 5.88 Å². The second kappa shape index (κ2) is 6.65. The Kier molecular flexibility index (Phi) is 4.41. The van der Waals surface area contributed by atoms with E-state index in [1.165, 1.54) is 12.1 Å². The minimum atomic E-state index is -0.667. The highest BCUT2D eigenvalue weighted by molar-refractivity contribution is 5.91. The zero-order chi connectivity index (χ0) is 17.1. The summed E-state index contributed by atoms with van der Waals surface area (Å²) in [5.74, 6) is -0.344. The molecule has 1 aliphatic rings. The highest BCUT2D eigenvalue weighted by Crippen LogP contribution is 2.21. The molecule has 2 aromatic rings. The van der Waals surface area contributed by atoms with Crippen molar-refractivity contribution >= 4 is 11.8 Å². The topological polar surface area (TPSA) is 112 Å². The number of amides is 1. The Morgan fingerprint density at radius 1 is 1.29 bits per heavy atom. The van der Waals surface area contributed by atoms with Crippen LogP contribution in [0.3, 0.4) is 0 Å². The van der Waals surface area contributed by atoms with Crippen LogP contribution in [0.2, 0.25) is 0 Å². The van der Waals surface area contributed by atoms with E-state index < -0.39 is 10.8 Å². The molecule has 126 valence electrons. The van der Waals surface area contributed by atoms with Crippen LogP contribution in [-0.2, 0) is 0 Å². The first-order valence-corrected chi connectivity index (χ1v) is 7.53. The van der Waals surface area contributed by atoms with Gasteiger partial charge in [-0.2, -0.15) is 5.10 Å². The summed E-state index contributed by atoms with van der Waals surface area (Å²) in [5.41, 5.74) is 0.815. The molecule has 9 heteroatoms. The second-order valence-electron chi connectivity index (χ2n) is 5.52. The minimum Gasteiger partial charge on any atom is -0.473 e. The van der Waals surface area contributed by atoms with Crippen LogP contribution in [0.1, 0.15) is 29.1 Å². The molecule has 24 heavy (non-hydrogen) atoms. The van der Waals surface area contributed by atoms with E-state index in [-0.39, 0.29) is 17.8 Å². The van der Waals surface area contributed by atoms with Crippen molar-refractivity contribution in [3.8, 4) is 5.88 Å². The van der Waals surface area contributed by atoms with Crippen LogP contribution in [0.15, 0.2) is 28.7 Å². The van der Waals surface area contributed by atoms with Crippen LogP contribution >= 0.6 is 0 Å². The van der Waals surface area contributed by atoms with E-state index in [0.29, 0.717) is 31.8 Å². The Morgan fingerprint density at radius 3 is 2.62 bits per heavy atom. The van der Waals surface area contributed by atoms with Crippen LogP contribution < -0.4 is 4.74 Å². The van der Waals surface area contributed by atoms with Crippen LogP contribution in [0.4, 0.5) is 5.88 Å². The number of nitrogens with zero attached hydrogens (tertiary/aromatic N) is 4. The van der Waals surface area contributed by atoms with Crippen molar-refractivity contribution < 1.29 is 18.9 Å². The Balaban J connectivity index is 1.55. The number of hydrogen-bond donors (Lipinski definition) is 0. The second-order valence-corrected chi connectivity index (χ2v) is 5.52. The quantitative estimate of drug-likeness (QED) is 0.621. The summed E-state index contributed by atoms with van der Waals surface area (Å²) in [4.78, 5) is 23.8. The summed E-state index contributed by atoms with van der Waals surface area (Å²) in [5, 5.41) is 18.5. The highest BCUT2D eigenvalue weighted by atomic mass is 16.6. The maximum absolute atomic E-state index is 12.3. The van der Waals surface area contributed by atoms with Crippen molar-refractivity contribution in [3.05, 3.63) is 45.8 Å². The lowest BCUT2D eigenvalue weighted by Gasteiger charge is -2.31. The molecule has 0 aliphatic carbocycles. The van der Waals surface area contributed by atoms with Crippen molar-refractivity contribution in [1.82, 2.24) is 15.1 Å². The molecule has 1 aliphatic heterocycles. The highest BCUT2D eigenvalue weighted by Gasteiger charge is 2.27. The van der Waals surface area contributed by atoms with Gasteiger partial charge in [0.15, 0.2) is 5.76 Å². The monoisotopic (exact) mass is 332 g/mol. The summed E-state index contributed by atoms with van der Waals surface area (Å²) in [6.07, 6.45) is 1.24. The van der Waals surface area contributed by atoms with E-state index in [2.05, 4.69) is 10.2 Å². The first-order valence-electron chi connectivity index (χ1n) is 7.53. The molecule has 1 saturated heterocycles. The number of piperidine rings is 1. The molecule has 2 aromatic heterocycles. The fourth-order valence-electron chi connectivity index (χ4n) is 2.49. The molecule has 3 rings (SSSR count). The molecule has 1 fully saturated rings. The summed E-state index contributed by atoms with van der Waals surface area (Å²) in [7, 11) is 0. The van der Waals surface area contributed by atoms with E-state index in [0.717, 1.165) is 5.69 Å².